The van der Waals surface area contributed by atoms with Crippen LogP contribution in [0.25, 0.3) is 0 Å². The fourth-order valence-electron chi connectivity index (χ4n) is 3.96. The number of aliphatic imine (C=N–C) groups is 1. The molecule has 0 unspecified atom stereocenters. The molecule has 4 rings (SSSR count). The van der Waals surface area contributed by atoms with Crippen molar-refractivity contribution < 1.29 is 4.79 Å². The molecule has 2 aliphatic rings. The van der Waals surface area contributed by atoms with E-state index in [4.69, 9.17) is 0 Å². The van der Waals surface area contributed by atoms with E-state index < -0.39 is 0 Å². The Morgan fingerprint density at radius 3 is 2.43 bits per heavy atom. The third-order valence-corrected chi connectivity index (χ3v) is 5.65. The third kappa shape index (κ3) is 4.69. The standard InChI is InChI=1S/C22H29N7O/c1-23-21(27-13-15-28(16-14-27)22-24-10-4-11-25-22)26-17-18-6-8-19(9-7-18)29-12-3-2-5-20(29)30/h4,6-11H,2-3,5,12-17H2,1H3,(H,23,26). The maximum Gasteiger partial charge on any atom is 0.226 e. The SMILES string of the molecule is CN=C(NCc1ccc(N2CCCCC2=O)cc1)N1CCN(c2ncccn2)CC1. The van der Waals surface area contributed by atoms with Gasteiger partial charge in [0.05, 0.1) is 0 Å². The fourth-order valence-corrected chi connectivity index (χ4v) is 3.96. The molecule has 0 radical (unpaired) electrons. The van der Waals surface area contributed by atoms with Gasteiger partial charge < -0.3 is 20.0 Å². The fraction of sp³-hybridized carbons (Fsp3) is 0.455. The van der Waals surface area contributed by atoms with Crippen molar-refractivity contribution in [3.63, 3.8) is 0 Å². The Hall–Kier alpha value is -3.16. The number of nitrogens with one attached hydrogen (secondary N) is 1. The summed E-state index contributed by atoms with van der Waals surface area (Å²) in [6, 6.07) is 10.1. The second kappa shape index (κ2) is 9.56. The number of benzene rings is 1. The molecule has 158 valence electrons. The molecule has 2 fully saturated rings. The van der Waals surface area contributed by atoms with E-state index in [2.05, 4.69) is 42.2 Å². The van der Waals surface area contributed by atoms with Crippen LogP contribution in [0.1, 0.15) is 24.8 Å². The summed E-state index contributed by atoms with van der Waals surface area (Å²) in [5.74, 6) is 1.92. The van der Waals surface area contributed by atoms with E-state index >= 15 is 0 Å². The van der Waals surface area contributed by atoms with E-state index in [0.717, 1.165) is 63.2 Å². The molecule has 1 aromatic heterocycles. The van der Waals surface area contributed by atoms with Gasteiger partial charge in [-0.05, 0) is 36.6 Å². The summed E-state index contributed by atoms with van der Waals surface area (Å²) in [5, 5.41) is 3.46. The zero-order valence-corrected chi connectivity index (χ0v) is 17.5. The molecule has 3 heterocycles. The van der Waals surface area contributed by atoms with Crippen LogP contribution in [-0.2, 0) is 11.3 Å². The highest BCUT2D eigenvalue weighted by Gasteiger charge is 2.21. The first-order valence-electron chi connectivity index (χ1n) is 10.6. The van der Waals surface area contributed by atoms with Gasteiger partial charge >= 0.3 is 0 Å². The normalized spacial score (nSPS) is 18.0. The van der Waals surface area contributed by atoms with Crippen LogP contribution >= 0.6 is 0 Å². The number of carbonyl (C=O) groups excluding carboxylic acids is 1. The Morgan fingerprint density at radius 2 is 1.77 bits per heavy atom. The van der Waals surface area contributed by atoms with E-state index in [-0.39, 0.29) is 5.91 Å². The van der Waals surface area contributed by atoms with Crippen molar-refractivity contribution in [2.24, 2.45) is 4.99 Å². The number of hydrogen-bond donors (Lipinski definition) is 1. The minimum absolute atomic E-state index is 0.229. The van der Waals surface area contributed by atoms with Crippen LogP contribution in [0.3, 0.4) is 0 Å². The maximum absolute atomic E-state index is 12.1. The monoisotopic (exact) mass is 407 g/mol. The van der Waals surface area contributed by atoms with Crippen molar-refractivity contribution in [2.45, 2.75) is 25.8 Å². The van der Waals surface area contributed by atoms with Gasteiger partial charge in [-0.15, -0.1) is 0 Å². The highest BCUT2D eigenvalue weighted by Crippen LogP contribution is 2.21. The molecule has 2 aliphatic heterocycles. The molecule has 0 aliphatic carbocycles. The number of carbonyl (C=O) groups is 1. The minimum atomic E-state index is 0.229. The van der Waals surface area contributed by atoms with Crippen LogP contribution in [0.5, 0.6) is 0 Å². The zero-order chi connectivity index (χ0) is 20.8. The number of nitrogens with zero attached hydrogens (tertiary/aromatic N) is 6. The van der Waals surface area contributed by atoms with Gasteiger partial charge in [-0.2, -0.15) is 0 Å². The molecule has 0 saturated carbocycles. The van der Waals surface area contributed by atoms with Crippen molar-refractivity contribution in [1.29, 1.82) is 0 Å². The average Bonchev–Trinajstić information content (AvgIpc) is 2.81. The summed E-state index contributed by atoms with van der Waals surface area (Å²) < 4.78 is 0. The van der Waals surface area contributed by atoms with Crippen molar-refractivity contribution in [3.05, 3.63) is 48.3 Å². The molecule has 2 saturated heterocycles. The number of amides is 1. The van der Waals surface area contributed by atoms with Crippen molar-refractivity contribution in [1.82, 2.24) is 20.2 Å². The predicted molar refractivity (Wildman–Crippen MR) is 119 cm³/mol. The highest BCUT2D eigenvalue weighted by atomic mass is 16.2. The maximum atomic E-state index is 12.1. The quantitative estimate of drug-likeness (QED) is 0.616. The number of hydrogen-bond acceptors (Lipinski definition) is 5. The summed E-state index contributed by atoms with van der Waals surface area (Å²) >= 11 is 0. The van der Waals surface area contributed by atoms with E-state index in [1.54, 1.807) is 12.4 Å². The lowest BCUT2D eigenvalue weighted by Crippen LogP contribution is -2.52. The second-order valence-electron chi connectivity index (χ2n) is 7.59. The van der Waals surface area contributed by atoms with Crippen molar-refractivity contribution >= 4 is 23.5 Å². The van der Waals surface area contributed by atoms with Crippen LogP contribution in [0.4, 0.5) is 11.6 Å². The Morgan fingerprint density at radius 1 is 1.03 bits per heavy atom. The Kier molecular flexibility index (Phi) is 6.41. The number of piperidine rings is 1. The minimum Gasteiger partial charge on any atom is -0.352 e. The van der Waals surface area contributed by atoms with Gasteiger partial charge in [0.1, 0.15) is 0 Å². The number of rotatable bonds is 4. The average molecular weight is 408 g/mol. The Labute approximate surface area is 177 Å². The number of aromatic nitrogens is 2. The van der Waals surface area contributed by atoms with Gasteiger partial charge in [0, 0.05) is 70.8 Å². The highest BCUT2D eigenvalue weighted by molar-refractivity contribution is 5.94. The summed E-state index contributed by atoms with van der Waals surface area (Å²) in [6.07, 6.45) is 6.30. The summed E-state index contributed by atoms with van der Waals surface area (Å²) in [7, 11) is 1.82. The van der Waals surface area contributed by atoms with Gasteiger partial charge in [0.15, 0.2) is 5.96 Å². The molecule has 1 aromatic carbocycles. The van der Waals surface area contributed by atoms with E-state index in [1.165, 1.54) is 5.56 Å². The third-order valence-electron chi connectivity index (χ3n) is 5.65. The summed E-state index contributed by atoms with van der Waals surface area (Å²) in [6.45, 7) is 4.99. The van der Waals surface area contributed by atoms with Crippen LogP contribution in [0.15, 0.2) is 47.7 Å². The molecule has 8 heteroatoms. The largest absolute Gasteiger partial charge is 0.352 e. The van der Waals surface area contributed by atoms with Crippen LogP contribution in [-0.4, -0.2) is 66.5 Å². The Balaban J connectivity index is 1.29. The molecular formula is C22H29N7O. The molecule has 1 N–H and O–H groups in total. The number of guanidine groups is 1. The lowest BCUT2D eigenvalue weighted by atomic mass is 10.1. The van der Waals surface area contributed by atoms with E-state index in [9.17, 15) is 4.79 Å². The van der Waals surface area contributed by atoms with E-state index in [1.807, 2.05) is 30.1 Å². The molecule has 8 nitrogen and oxygen atoms in total. The zero-order valence-electron chi connectivity index (χ0n) is 17.5. The predicted octanol–water partition coefficient (Wildman–Crippen LogP) is 1.89. The van der Waals surface area contributed by atoms with Crippen LogP contribution < -0.4 is 15.1 Å². The molecule has 0 atom stereocenters. The van der Waals surface area contributed by atoms with Gasteiger partial charge in [0.2, 0.25) is 11.9 Å². The topological polar surface area (TPSA) is 77.0 Å². The summed E-state index contributed by atoms with van der Waals surface area (Å²) in [5.41, 5.74) is 2.16. The first kappa shape index (κ1) is 20.1. The first-order chi connectivity index (χ1) is 14.7. The molecule has 0 spiro atoms. The molecular weight excluding hydrogens is 378 g/mol. The van der Waals surface area contributed by atoms with Crippen LogP contribution in [0.2, 0.25) is 0 Å². The molecule has 1 amide bonds. The molecule has 0 bridgehead atoms. The summed E-state index contributed by atoms with van der Waals surface area (Å²) in [4.78, 5) is 31.6. The lowest BCUT2D eigenvalue weighted by molar-refractivity contribution is -0.119. The second-order valence-corrected chi connectivity index (χ2v) is 7.59. The number of anilines is 2. The smallest absolute Gasteiger partial charge is 0.226 e. The van der Waals surface area contributed by atoms with Crippen molar-refractivity contribution in [3.8, 4) is 0 Å². The van der Waals surface area contributed by atoms with Crippen LogP contribution in [0, 0.1) is 0 Å². The molecule has 2 aromatic rings. The van der Waals surface area contributed by atoms with E-state index in [0.29, 0.717) is 13.0 Å². The number of piperazine rings is 1. The van der Waals surface area contributed by atoms with Crippen molar-refractivity contribution in [2.75, 3.05) is 49.6 Å². The lowest BCUT2D eigenvalue weighted by Gasteiger charge is -2.36. The van der Waals surface area contributed by atoms with Gasteiger partial charge in [-0.1, -0.05) is 12.1 Å². The van der Waals surface area contributed by atoms with Gasteiger partial charge in [-0.25, -0.2) is 9.97 Å². The van der Waals surface area contributed by atoms with Gasteiger partial charge in [0.25, 0.3) is 0 Å². The van der Waals surface area contributed by atoms with Gasteiger partial charge in [-0.3, -0.25) is 9.79 Å². The Bertz CT molecular complexity index is 861. The molecule has 30 heavy (non-hydrogen) atoms. The first-order valence-corrected chi connectivity index (χ1v) is 10.6.